The van der Waals surface area contributed by atoms with Gasteiger partial charge in [-0.1, -0.05) is 66.2 Å². The number of rotatable bonds is 11. The predicted molar refractivity (Wildman–Crippen MR) is 144 cm³/mol. The zero-order chi connectivity index (χ0) is 26.3. The number of carboxylic acid groups (broad SMARTS) is 1. The highest BCUT2D eigenvalue weighted by Gasteiger charge is 2.27. The molecule has 1 heterocycles. The van der Waals surface area contributed by atoms with Gasteiger partial charge in [0.2, 0.25) is 10.0 Å². The molecule has 9 heteroatoms. The average Bonchev–Trinajstić information content (AvgIpc) is 2.89. The van der Waals surface area contributed by atoms with Crippen LogP contribution in [0, 0.1) is 0 Å². The molecule has 0 bridgehead atoms. The van der Waals surface area contributed by atoms with E-state index in [1.807, 2.05) is 66.7 Å². The van der Waals surface area contributed by atoms with Crippen LogP contribution in [0.2, 0.25) is 5.02 Å². The topological polar surface area (TPSA) is 87.2 Å². The molecule has 0 unspecified atom stereocenters. The number of hydrogen-bond donors (Lipinski definition) is 1. The minimum atomic E-state index is -3.34. The first-order valence-corrected chi connectivity index (χ1v) is 14.2. The number of piperazine rings is 1. The lowest BCUT2D eigenvalue weighted by molar-refractivity contribution is -0.136. The lowest BCUT2D eigenvalue weighted by atomic mass is 10.1. The van der Waals surface area contributed by atoms with Crippen molar-refractivity contribution >= 4 is 27.6 Å². The van der Waals surface area contributed by atoms with E-state index in [9.17, 15) is 18.3 Å². The summed E-state index contributed by atoms with van der Waals surface area (Å²) in [5.41, 5.74) is 3.56. The van der Waals surface area contributed by atoms with Gasteiger partial charge in [0.05, 0.1) is 12.2 Å². The molecule has 1 fully saturated rings. The maximum Gasteiger partial charge on any atom is 0.307 e. The third-order valence-corrected chi connectivity index (χ3v) is 8.52. The molecule has 4 rings (SSSR count). The van der Waals surface area contributed by atoms with Crippen molar-refractivity contribution in [2.75, 3.05) is 31.9 Å². The summed E-state index contributed by atoms with van der Waals surface area (Å²) in [5.74, 6) is -0.117. The largest absolute Gasteiger partial charge is 0.489 e. The van der Waals surface area contributed by atoms with E-state index in [2.05, 4.69) is 4.90 Å². The molecule has 3 aromatic carbocycles. The van der Waals surface area contributed by atoms with Crippen LogP contribution in [0.25, 0.3) is 0 Å². The SMILES string of the molecule is O=C(O)Cc1ccc(OCc2ccc(Cl)cc2)c(CN2CCN(S(=O)(=O)CCc3ccccc3)CC2)c1. The highest BCUT2D eigenvalue weighted by atomic mass is 35.5. The highest BCUT2D eigenvalue weighted by molar-refractivity contribution is 7.89. The van der Waals surface area contributed by atoms with Gasteiger partial charge in [-0.15, -0.1) is 0 Å². The van der Waals surface area contributed by atoms with E-state index in [4.69, 9.17) is 16.3 Å². The van der Waals surface area contributed by atoms with Gasteiger partial charge in [-0.05, 0) is 41.3 Å². The van der Waals surface area contributed by atoms with Crippen LogP contribution in [0.1, 0.15) is 22.3 Å². The van der Waals surface area contributed by atoms with E-state index in [0.717, 1.165) is 16.7 Å². The standard InChI is InChI=1S/C28H31ClN2O5S/c29-26-9-6-23(7-10-26)21-36-27-11-8-24(19-28(32)33)18-25(27)20-30-13-15-31(16-14-30)37(34,35)17-12-22-4-2-1-3-5-22/h1-11,18H,12-17,19-21H2,(H,32,33). The molecule has 7 nitrogen and oxygen atoms in total. The molecule has 0 saturated carbocycles. The first-order chi connectivity index (χ1) is 17.8. The fourth-order valence-electron chi connectivity index (χ4n) is 4.35. The molecule has 0 aliphatic carbocycles. The molecule has 0 aromatic heterocycles. The van der Waals surface area contributed by atoms with Crippen LogP contribution in [0.3, 0.4) is 0 Å². The van der Waals surface area contributed by atoms with Gasteiger partial charge in [0.25, 0.3) is 0 Å². The van der Waals surface area contributed by atoms with Crippen LogP contribution in [-0.4, -0.2) is 60.6 Å². The summed E-state index contributed by atoms with van der Waals surface area (Å²) in [6.45, 7) is 2.92. The van der Waals surface area contributed by atoms with Crippen LogP contribution in [0.4, 0.5) is 0 Å². The third-order valence-electron chi connectivity index (χ3n) is 6.40. The van der Waals surface area contributed by atoms with Crippen LogP contribution in [0.15, 0.2) is 72.8 Å². The van der Waals surface area contributed by atoms with Crippen molar-refractivity contribution in [3.63, 3.8) is 0 Å². The van der Waals surface area contributed by atoms with E-state index in [1.54, 1.807) is 10.4 Å². The molecule has 196 valence electrons. The third kappa shape index (κ3) is 8.04. The van der Waals surface area contributed by atoms with Crippen molar-refractivity contribution in [2.45, 2.75) is 26.0 Å². The molecule has 1 saturated heterocycles. The van der Waals surface area contributed by atoms with E-state index >= 15 is 0 Å². The Hall–Kier alpha value is -2.91. The number of halogens is 1. The Labute approximate surface area is 223 Å². The minimum absolute atomic E-state index is 0.0715. The first kappa shape index (κ1) is 27.1. The van der Waals surface area contributed by atoms with Crippen molar-refractivity contribution in [1.29, 1.82) is 0 Å². The van der Waals surface area contributed by atoms with Crippen LogP contribution in [-0.2, 0) is 40.8 Å². The van der Waals surface area contributed by atoms with Crippen LogP contribution in [0.5, 0.6) is 5.75 Å². The Morgan fingerprint density at radius 3 is 2.24 bits per heavy atom. The van der Waals surface area contributed by atoms with Gasteiger partial charge >= 0.3 is 5.97 Å². The second-order valence-corrected chi connectivity index (χ2v) is 11.7. The number of sulfonamides is 1. The van der Waals surface area contributed by atoms with Crippen LogP contribution < -0.4 is 4.74 Å². The maximum absolute atomic E-state index is 12.9. The number of aliphatic carboxylic acids is 1. The molecule has 37 heavy (non-hydrogen) atoms. The number of nitrogens with zero attached hydrogens (tertiary/aromatic N) is 2. The predicted octanol–water partition coefficient (Wildman–Crippen LogP) is 4.24. The maximum atomic E-state index is 12.9. The van der Waals surface area contributed by atoms with Crippen molar-refractivity contribution in [3.05, 3.63) is 100 Å². The molecule has 0 spiro atoms. The lowest BCUT2D eigenvalue weighted by Gasteiger charge is -2.34. The molecule has 1 N–H and O–H groups in total. The van der Waals surface area contributed by atoms with Gasteiger partial charge in [0, 0.05) is 43.3 Å². The summed E-state index contributed by atoms with van der Waals surface area (Å²) in [4.78, 5) is 13.4. The molecular weight excluding hydrogens is 512 g/mol. The monoisotopic (exact) mass is 542 g/mol. The van der Waals surface area contributed by atoms with Gasteiger partial charge in [-0.3, -0.25) is 9.69 Å². The normalized spacial score (nSPS) is 14.9. The van der Waals surface area contributed by atoms with E-state index in [-0.39, 0.29) is 12.2 Å². The van der Waals surface area contributed by atoms with Gasteiger partial charge in [0.15, 0.2) is 0 Å². The van der Waals surface area contributed by atoms with Gasteiger partial charge < -0.3 is 9.84 Å². The van der Waals surface area contributed by atoms with E-state index in [1.165, 1.54) is 0 Å². The van der Waals surface area contributed by atoms with Gasteiger partial charge in [0.1, 0.15) is 12.4 Å². The quantitative estimate of drug-likeness (QED) is 0.390. The Morgan fingerprint density at radius 1 is 0.892 bits per heavy atom. The molecule has 0 radical (unpaired) electrons. The van der Waals surface area contributed by atoms with Crippen molar-refractivity contribution in [1.82, 2.24) is 9.21 Å². The zero-order valence-electron chi connectivity index (χ0n) is 20.6. The van der Waals surface area contributed by atoms with Crippen molar-refractivity contribution < 1.29 is 23.1 Å². The van der Waals surface area contributed by atoms with Gasteiger partial charge in [-0.25, -0.2) is 8.42 Å². The Balaban J connectivity index is 1.38. The summed E-state index contributed by atoms with van der Waals surface area (Å²) in [6, 6.07) is 22.5. The zero-order valence-corrected chi connectivity index (χ0v) is 22.1. The van der Waals surface area contributed by atoms with Gasteiger partial charge in [-0.2, -0.15) is 4.31 Å². The molecule has 1 aliphatic heterocycles. The first-order valence-electron chi connectivity index (χ1n) is 12.2. The number of ether oxygens (including phenoxy) is 1. The molecule has 1 aliphatic rings. The Morgan fingerprint density at radius 2 is 1.57 bits per heavy atom. The second-order valence-electron chi connectivity index (χ2n) is 9.15. The molecule has 0 amide bonds. The van der Waals surface area contributed by atoms with Crippen LogP contribution >= 0.6 is 11.6 Å². The van der Waals surface area contributed by atoms with E-state index in [0.29, 0.717) is 62.1 Å². The average molecular weight is 543 g/mol. The summed E-state index contributed by atoms with van der Waals surface area (Å²) in [6.07, 6.45) is 0.423. The Kier molecular flexibility index (Phi) is 9.21. The number of carboxylic acids is 1. The Bertz CT molecular complexity index is 1290. The number of aryl methyl sites for hydroxylation is 1. The molecular formula is C28H31ClN2O5S. The number of carbonyl (C=O) groups is 1. The van der Waals surface area contributed by atoms with Crippen molar-refractivity contribution in [3.8, 4) is 5.75 Å². The fourth-order valence-corrected chi connectivity index (χ4v) is 5.95. The fraction of sp³-hybridized carbons (Fsp3) is 0.321. The molecule has 0 atom stereocenters. The molecule has 3 aromatic rings. The summed E-state index contributed by atoms with van der Waals surface area (Å²) < 4.78 is 33.4. The number of benzene rings is 3. The minimum Gasteiger partial charge on any atom is -0.489 e. The summed E-state index contributed by atoms with van der Waals surface area (Å²) in [5, 5.41) is 9.89. The van der Waals surface area contributed by atoms with E-state index < -0.39 is 16.0 Å². The summed E-state index contributed by atoms with van der Waals surface area (Å²) >= 11 is 5.97. The van der Waals surface area contributed by atoms with Crippen molar-refractivity contribution in [2.24, 2.45) is 0 Å². The lowest BCUT2D eigenvalue weighted by Crippen LogP contribution is -2.49. The highest BCUT2D eigenvalue weighted by Crippen LogP contribution is 2.25. The second kappa shape index (κ2) is 12.6. The summed E-state index contributed by atoms with van der Waals surface area (Å²) in [7, 11) is -3.34. The number of hydrogen-bond acceptors (Lipinski definition) is 5. The smallest absolute Gasteiger partial charge is 0.307 e.